The van der Waals surface area contributed by atoms with Crippen LogP contribution in [0.5, 0.6) is 0 Å². The van der Waals surface area contributed by atoms with Crippen LogP contribution in [0.3, 0.4) is 0 Å². The summed E-state index contributed by atoms with van der Waals surface area (Å²) in [5.41, 5.74) is 15.6. The van der Waals surface area contributed by atoms with Crippen molar-refractivity contribution in [2.45, 2.75) is 33.5 Å². The van der Waals surface area contributed by atoms with E-state index < -0.39 is 16.1 Å². The van der Waals surface area contributed by atoms with Crippen molar-refractivity contribution in [1.82, 2.24) is 0 Å². The first kappa shape index (κ1) is 37.2. The SMILES string of the molecule is Cc1cc(N2c3cccc(c3)[Si]3(C)c4ccccc4-c4cccc2c43)c2c3ccccc3c3c(C)cc(N(c4ccccc4)c4cccc5c4[Si](C)(C)c4ccccc4-5)c4ccc1c2c43. The molecule has 4 heteroatoms. The van der Waals surface area contributed by atoms with Crippen LogP contribution in [-0.2, 0) is 0 Å². The van der Waals surface area contributed by atoms with Gasteiger partial charge in [-0.05, 0) is 143 Å². The lowest BCUT2D eigenvalue weighted by Gasteiger charge is -2.34. The Bertz CT molecular complexity index is 3870. The second-order valence-electron chi connectivity index (χ2n) is 19.4. The van der Waals surface area contributed by atoms with Gasteiger partial charge in [-0.3, -0.25) is 0 Å². The van der Waals surface area contributed by atoms with Gasteiger partial charge in [0.05, 0.1) is 11.4 Å². The summed E-state index contributed by atoms with van der Waals surface area (Å²) in [7, 11) is -4.45. The number of benzene rings is 11. The highest BCUT2D eigenvalue weighted by Gasteiger charge is 2.47. The molecule has 3 aliphatic rings. The topological polar surface area (TPSA) is 6.48 Å². The van der Waals surface area contributed by atoms with Gasteiger partial charge in [0.15, 0.2) is 0 Å². The van der Waals surface area contributed by atoms with Gasteiger partial charge in [-0.25, -0.2) is 0 Å². The van der Waals surface area contributed by atoms with Crippen LogP contribution in [-0.4, -0.2) is 16.1 Å². The second-order valence-corrected chi connectivity index (χ2v) is 27.6. The number of hydrogen-bond donors (Lipinski definition) is 0. The van der Waals surface area contributed by atoms with E-state index in [1.165, 1.54) is 137 Å². The van der Waals surface area contributed by atoms with Gasteiger partial charge in [0.25, 0.3) is 0 Å². The highest BCUT2D eigenvalue weighted by molar-refractivity contribution is 7.14. The van der Waals surface area contributed by atoms with Crippen LogP contribution in [0.1, 0.15) is 11.1 Å². The molecule has 3 heterocycles. The fraction of sp³-hybridized carbons (Fsp3) is 0.0820. The van der Waals surface area contributed by atoms with Gasteiger partial charge in [-0.1, -0.05) is 159 Å². The van der Waals surface area contributed by atoms with E-state index in [4.69, 9.17) is 0 Å². The fourth-order valence-electron chi connectivity index (χ4n) is 13.0. The zero-order chi connectivity index (χ0) is 43.5. The van der Waals surface area contributed by atoms with Crippen molar-refractivity contribution >= 4 is 119 Å². The Balaban J connectivity index is 1.11. The Labute approximate surface area is 382 Å². The summed E-state index contributed by atoms with van der Waals surface area (Å²) in [6.45, 7) is 12.3. The van der Waals surface area contributed by atoms with Crippen LogP contribution in [0.15, 0.2) is 188 Å². The highest BCUT2D eigenvalue weighted by atomic mass is 28.3. The predicted molar refractivity (Wildman–Crippen MR) is 285 cm³/mol. The summed E-state index contributed by atoms with van der Waals surface area (Å²) >= 11 is 0. The molecule has 0 amide bonds. The van der Waals surface area contributed by atoms with E-state index in [0.717, 1.165) is 0 Å². The third kappa shape index (κ3) is 4.68. The predicted octanol–water partition coefficient (Wildman–Crippen LogP) is 13.5. The van der Waals surface area contributed by atoms with Gasteiger partial charge in [0.2, 0.25) is 0 Å². The number of hydrogen-bond acceptors (Lipinski definition) is 2. The molecule has 11 aromatic carbocycles. The maximum atomic E-state index is 2.64. The maximum Gasteiger partial charge on any atom is 0.149 e. The summed E-state index contributed by atoms with van der Waals surface area (Å²) in [4.78, 5) is 5.24. The molecule has 1 atom stereocenters. The third-order valence-electron chi connectivity index (χ3n) is 15.7. The standard InChI is InChI=1S/C61H46N2Si2/c1-37-34-53(63-40-20-15-21-41(36-40)65(5)55-31-14-12-23-44(55)48-27-17-29-51(63)61(48)65)57-46-25-10-9-24-45(46)56-38(2)35-52(49-33-32-42(37)58(57)59(49)56)62(39-18-7-6-8-19-39)50-28-16-26-47-43-22-11-13-30-54(43)64(3,4)60(47)50/h6-36H,1-5H3. The monoisotopic (exact) mass is 862 g/mol. The quantitative estimate of drug-likeness (QED) is 0.0988. The minimum atomic E-state index is -2.34. The van der Waals surface area contributed by atoms with Crippen molar-refractivity contribution in [3.05, 3.63) is 199 Å². The summed E-state index contributed by atoms with van der Waals surface area (Å²) in [6.07, 6.45) is 0. The second kappa shape index (κ2) is 12.9. The van der Waals surface area contributed by atoms with Gasteiger partial charge in [0, 0.05) is 44.3 Å². The summed E-state index contributed by atoms with van der Waals surface area (Å²) in [5.74, 6) is 0. The van der Waals surface area contributed by atoms with E-state index in [-0.39, 0.29) is 0 Å². The van der Waals surface area contributed by atoms with E-state index in [1.807, 2.05) is 0 Å². The third-order valence-corrected chi connectivity index (χ3v) is 23.8. The van der Waals surface area contributed by atoms with Crippen LogP contribution in [0.4, 0.5) is 34.1 Å². The average molecular weight is 863 g/mol. The number of anilines is 6. The molecule has 11 aromatic rings. The van der Waals surface area contributed by atoms with Gasteiger partial charge >= 0.3 is 0 Å². The number of aryl methyl sites for hydroxylation is 2. The molecule has 65 heavy (non-hydrogen) atoms. The minimum absolute atomic E-state index is 1.17. The Kier molecular flexibility index (Phi) is 7.40. The van der Waals surface area contributed by atoms with Crippen LogP contribution in [0.25, 0.3) is 65.3 Å². The van der Waals surface area contributed by atoms with Gasteiger partial charge < -0.3 is 9.80 Å². The minimum Gasteiger partial charge on any atom is -0.310 e. The molecule has 0 aromatic heterocycles. The van der Waals surface area contributed by atoms with Crippen LogP contribution < -0.4 is 35.7 Å². The summed E-state index contributed by atoms with van der Waals surface area (Å²) < 4.78 is 0. The lowest BCUT2D eigenvalue weighted by Crippen LogP contribution is -2.62. The molecular weight excluding hydrogens is 817 g/mol. The lowest BCUT2D eigenvalue weighted by atomic mass is 9.84. The fourth-order valence-corrected chi connectivity index (χ4v) is 20.8. The molecule has 0 fully saturated rings. The smallest absolute Gasteiger partial charge is 0.149 e. The van der Waals surface area contributed by atoms with E-state index in [0.29, 0.717) is 0 Å². The molecule has 2 bridgehead atoms. The van der Waals surface area contributed by atoms with Crippen molar-refractivity contribution in [3.8, 4) is 22.3 Å². The highest BCUT2D eigenvalue weighted by Crippen LogP contribution is 2.53. The van der Waals surface area contributed by atoms with Crippen molar-refractivity contribution < 1.29 is 0 Å². The van der Waals surface area contributed by atoms with Crippen LogP contribution in [0, 0.1) is 13.8 Å². The van der Waals surface area contributed by atoms with Crippen LogP contribution >= 0.6 is 0 Å². The zero-order valence-electron chi connectivity index (χ0n) is 37.3. The van der Waals surface area contributed by atoms with E-state index in [1.54, 1.807) is 0 Å². The van der Waals surface area contributed by atoms with Gasteiger partial charge in [-0.15, -0.1) is 0 Å². The zero-order valence-corrected chi connectivity index (χ0v) is 39.3. The maximum absolute atomic E-state index is 2.64. The Morgan fingerprint density at radius 2 is 1.02 bits per heavy atom. The van der Waals surface area contributed by atoms with Crippen molar-refractivity contribution in [2.75, 3.05) is 9.80 Å². The Hall–Kier alpha value is -7.25. The molecule has 0 saturated heterocycles. The average Bonchev–Trinajstić information content (AvgIpc) is 3.72. The number of para-hydroxylation sites is 1. The summed E-state index contributed by atoms with van der Waals surface area (Å²) in [5, 5.41) is 18.1. The number of nitrogens with zero attached hydrogens (tertiary/aromatic N) is 2. The Morgan fingerprint density at radius 1 is 0.400 bits per heavy atom. The molecule has 0 spiro atoms. The first-order valence-corrected chi connectivity index (χ1v) is 28.6. The van der Waals surface area contributed by atoms with E-state index in [2.05, 4.69) is 231 Å². The molecule has 1 unspecified atom stereocenters. The molecule has 308 valence electrons. The van der Waals surface area contributed by atoms with Gasteiger partial charge in [-0.2, -0.15) is 0 Å². The van der Waals surface area contributed by atoms with Crippen molar-refractivity contribution in [1.29, 1.82) is 0 Å². The molecule has 0 saturated carbocycles. The van der Waals surface area contributed by atoms with E-state index in [9.17, 15) is 0 Å². The Morgan fingerprint density at radius 3 is 1.82 bits per heavy atom. The molecule has 0 radical (unpaired) electrons. The molecule has 0 aliphatic carbocycles. The van der Waals surface area contributed by atoms with E-state index >= 15 is 0 Å². The summed E-state index contributed by atoms with van der Waals surface area (Å²) in [6, 6.07) is 72.2. The van der Waals surface area contributed by atoms with Crippen molar-refractivity contribution in [2.24, 2.45) is 0 Å². The van der Waals surface area contributed by atoms with Crippen LogP contribution in [0.2, 0.25) is 19.6 Å². The molecule has 2 nitrogen and oxygen atoms in total. The largest absolute Gasteiger partial charge is 0.310 e. The molecular formula is C61H46N2Si2. The molecule has 14 rings (SSSR count). The molecule has 3 aliphatic heterocycles. The number of fused-ring (bicyclic) bond motifs is 12. The number of rotatable bonds is 4. The first-order chi connectivity index (χ1) is 31.7. The normalized spacial score (nSPS) is 16.2. The molecule has 0 N–H and O–H groups in total. The lowest BCUT2D eigenvalue weighted by molar-refractivity contribution is 1.30. The van der Waals surface area contributed by atoms with Gasteiger partial charge in [0.1, 0.15) is 16.1 Å². The first-order valence-electron chi connectivity index (χ1n) is 23.1. The van der Waals surface area contributed by atoms with Crippen molar-refractivity contribution in [3.63, 3.8) is 0 Å².